The Morgan fingerprint density at radius 2 is 1.86 bits per heavy atom. The zero-order valence-electron chi connectivity index (χ0n) is 19.5. The van der Waals surface area contributed by atoms with Gasteiger partial charge in [0.2, 0.25) is 5.95 Å². The maximum atomic E-state index is 14.5. The summed E-state index contributed by atoms with van der Waals surface area (Å²) >= 11 is 0. The predicted molar refractivity (Wildman–Crippen MR) is 131 cm³/mol. The first-order valence-corrected chi connectivity index (χ1v) is 12.0. The number of carbonyl (C=O) groups excluding carboxylic acids is 1. The van der Waals surface area contributed by atoms with E-state index in [0.717, 1.165) is 35.4 Å². The number of anilines is 1. The SMILES string of the molecule is O=C(NCc1cc(-c2cnc(NC3Cc4ccccc4C3)nc2)ccc1F)N1CCc2[nH]nnc2C1. The molecule has 0 spiro atoms. The summed E-state index contributed by atoms with van der Waals surface area (Å²) < 4.78 is 14.5. The normalized spacial score (nSPS) is 14.9. The molecule has 0 radical (unpaired) electrons. The first-order chi connectivity index (χ1) is 17.6. The first kappa shape index (κ1) is 22.1. The van der Waals surface area contributed by atoms with Crippen LogP contribution in [0, 0.1) is 5.82 Å². The van der Waals surface area contributed by atoms with Gasteiger partial charge in [-0.2, -0.15) is 0 Å². The quantitative estimate of drug-likeness (QED) is 0.401. The molecule has 0 atom stereocenters. The number of aromatic amines is 1. The lowest BCUT2D eigenvalue weighted by molar-refractivity contribution is 0.191. The minimum atomic E-state index is -0.378. The molecule has 0 saturated carbocycles. The van der Waals surface area contributed by atoms with Crippen molar-refractivity contribution in [3.8, 4) is 11.1 Å². The van der Waals surface area contributed by atoms with Crippen LogP contribution in [0.4, 0.5) is 15.1 Å². The smallest absolute Gasteiger partial charge is 0.318 e. The molecule has 0 unspecified atom stereocenters. The number of rotatable bonds is 5. The molecule has 6 rings (SSSR count). The monoisotopic (exact) mass is 484 g/mol. The van der Waals surface area contributed by atoms with E-state index in [1.807, 2.05) is 0 Å². The molecule has 3 heterocycles. The van der Waals surface area contributed by atoms with Crippen LogP contribution in [0.5, 0.6) is 0 Å². The van der Waals surface area contributed by atoms with Crippen LogP contribution in [0.25, 0.3) is 11.1 Å². The second-order valence-electron chi connectivity index (χ2n) is 9.19. The lowest BCUT2D eigenvalue weighted by Crippen LogP contribution is -2.42. The van der Waals surface area contributed by atoms with Gasteiger partial charge in [0, 0.05) is 49.1 Å². The summed E-state index contributed by atoms with van der Waals surface area (Å²) in [7, 11) is 0. The maximum Gasteiger partial charge on any atom is 0.318 e. The van der Waals surface area contributed by atoms with Crippen molar-refractivity contribution in [1.82, 2.24) is 35.6 Å². The minimum Gasteiger partial charge on any atom is -0.351 e. The van der Waals surface area contributed by atoms with Crippen LogP contribution < -0.4 is 10.6 Å². The molecule has 3 N–H and O–H groups in total. The molecule has 0 saturated heterocycles. The fourth-order valence-corrected chi connectivity index (χ4v) is 4.85. The van der Waals surface area contributed by atoms with Crippen LogP contribution in [0.3, 0.4) is 0 Å². The summed E-state index contributed by atoms with van der Waals surface area (Å²) in [6, 6.07) is 13.3. The van der Waals surface area contributed by atoms with E-state index in [4.69, 9.17) is 0 Å². The number of benzene rings is 2. The largest absolute Gasteiger partial charge is 0.351 e. The van der Waals surface area contributed by atoms with Crippen LogP contribution in [0.15, 0.2) is 54.9 Å². The number of nitrogens with zero attached hydrogens (tertiary/aromatic N) is 5. The minimum absolute atomic E-state index is 0.0728. The summed E-state index contributed by atoms with van der Waals surface area (Å²) in [6.45, 7) is 1.00. The van der Waals surface area contributed by atoms with Crippen LogP contribution in [0.2, 0.25) is 0 Å². The molecule has 2 aliphatic rings. The molecule has 2 amide bonds. The molecule has 1 aliphatic heterocycles. The zero-order valence-corrected chi connectivity index (χ0v) is 19.5. The molecule has 4 aromatic rings. The van der Waals surface area contributed by atoms with Crippen molar-refractivity contribution >= 4 is 12.0 Å². The summed E-state index contributed by atoms with van der Waals surface area (Å²) in [5.41, 5.74) is 6.39. The Morgan fingerprint density at radius 3 is 2.64 bits per heavy atom. The molecule has 0 fully saturated rings. The number of fused-ring (bicyclic) bond motifs is 2. The maximum absolute atomic E-state index is 14.5. The molecule has 1 aliphatic carbocycles. The average Bonchev–Trinajstić information content (AvgIpc) is 3.54. The van der Waals surface area contributed by atoms with Crippen molar-refractivity contribution in [2.24, 2.45) is 0 Å². The van der Waals surface area contributed by atoms with Crippen molar-refractivity contribution in [3.05, 3.63) is 88.8 Å². The van der Waals surface area contributed by atoms with Gasteiger partial charge in [-0.1, -0.05) is 35.5 Å². The van der Waals surface area contributed by atoms with Gasteiger partial charge in [0.1, 0.15) is 11.5 Å². The van der Waals surface area contributed by atoms with Crippen LogP contribution in [0.1, 0.15) is 28.1 Å². The van der Waals surface area contributed by atoms with Gasteiger partial charge in [0.05, 0.1) is 12.2 Å². The van der Waals surface area contributed by atoms with E-state index in [1.54, 1.807) is 29.4 Å². The molecular formula is C26H25FN8O. The topological polar surface area (TPSA) is 112 Å². The number of hydrogen-bond donors (Lipinski definition) is 3. The van der Waals surface area contributed by atoms with E-state index in [0.29, 0.717) is 31.0 Å². The molecule has 10 heteroatoms. The third-order valence-corrected chi connectivity index (χ3v) is 6.81. The number of nitrogens with one attached hydrogen (secondary N) is 3. The second kappa shape index (κ2) is 9.37. The average molecular weight is 485 g/mol. The number of urea groups is 1. The Hall–Kier alpha value is -4.34. The number of hydrogen-bond acceptors (Lipinski definition) is 6. The van der Waals surface area contributed by atoms with E-state index in [9.17, 15) is 9.18 Å². The summed E-state index contributed by atoms with van der Waals surface area (Å²) in [4.78, 5) is 23.2. The summed E-state index contributed by atoms with van der Waals surface area (Å²) in [6.07, 6.45) is 6.03. The highest BCUT2D eigenvalue weighted by Gasteiger charge is 2.23. The molecule has 9 nitrogen and oxygen atoms in total. The molecule has 0 bridgehead atoms. The van der Waals surface area contributed by atoms with Crippen LogP contribution in [-0.4, -0.2) is 48.9 Å². The molecular weight excluding hydrogens is 459 g/mol. The van der Waals surface area contributed by atoms with Crippen molar-refractivity contribution in [1.29, 1.82) is 0 Å². The Balaban J connectivity index is 1.08. The Labute approximate surface area is 207 Å². The van der Waals surface area contributed by atoms with Crippen LogP contribution in [-0.2, 0) is 32.4 Å². The molecule has 2 aromatic heterocycles. The van der Waals surface area contributed by atoms with Gasteiger partial charge in [0.25, 0.3) is 0 Å². The third-order valence-electron chi connectivity index (χ3n) is 6.81. The van der Waals surface area contributed by atoms with Gasteiger partial charge >= 0.3 is 6.03 Å². The van der Waals surface area contributed by atoms with Gasteiger partial charge in [-0.25, -0.2) is 19.2 Å². The fourth-order valence-electron chi connectivity index (χ4n) is 4.85. The van der Waals surface area contributed by atoms with Gasteiger partial charge in [0.15, 0.2) is 0 Å². The predicted octanol–water partition coefficient (Wildman–Crippen LogP) is 3.25. The molecule has 182 valence electrons. The number of H-pyrrole nitrogens is 1. The Bertz CT molecular complexity index is 1380. The molecule has 36 heavy (non-hydrogen) atoms. The zero-order chi connectivity index (χ0) is 24.5. The summed E-state index contributed by atoms with van der Waals surface area (Å²) in [5, 5.41) is 16.9. The third kappa shape index (κ3) is 4.49. The van der Waals surface area contributed by atoms with E-state index in [-0.39, 0.29) is 24.4 Å². The van der Waals surface area contributed by atoms with Crippen molar-refractivity contribution in [2.45, 2.75) is 38.4 Å². The second-order valence-corrected chi connectivity index (χ2v) is 9.19. The van der Waals surface area contributed by atoms with Crippen molar-refractivity contribution < 1.29 is 9.18 Å². The van der Waals surface area contributed by atoms with E-state index in [1.165, 1.54) is 17.2 Å². The summed E-state index contributed by atoms with van der Waals surface area (Å²) in [5.74, 6) is 0.194. The highest BCUT2D eigenvalue weighted by Crippen LogP contribution is 2.25. The first-order valence-electron chi connectivity index (χ1n) is 12.0. The number of halogens is 1. The van der Waals surface area contributed by atoms with E-state index >= 15 is 0 Å². The van der Waals surface area contributed by atoms with Gasteiger partial charge < -0.3 is 15.5 Å². The van der Waals surface area contributed by atoms with Gasteiger partial charge in [-0.3, -0.25) is 5.10 Å². The number of aromatic nitrogens is 5. The highest BCUT2D eigenvalue weighted by molar-refractivity contribution is 5.74. The number of carbonyl (C=O) groups is 1. The van der Waals surface area contributed by atoms with Gasteiger partial charge in [-0.05, 0) is 41.7 Å². The molecule has 2 aromatic carbocycles. The lowest BCUT2D eigenvalue weighted by Gasteiger charge is -2.25. The standard InChI is InChI=1S/C26H25FN8O/c27-22-6-5-18(9-19(22)12-30-26(36)35-8-7-23-24(15-35)33-34-32-23)20-13-28-25(29-14-20)31-21-10-16-3-1-2-4-17(16)11-21/h1-6,9,13-14,21H,7-8,10-12,15H2,(H,30,36)(H,28,29,31)(H,32,33,34). The highest BCUT2D eigenvalue weighted by atomic mass is 19.1. The van der Waals surface area contributed by atoms with Gasteiger partial charge in [-0.15, -0.1) is 5.10 Å². The lowest BCUT2D eigenvalue weighted by atomic mass is 10.1. The van der Waals surface area contributed by atoms with Crippen molar-refractivity contribution in [3.63, 3.8) is 0 Å². The number of amides is 2. The van der Waals surface area contributed by atoms with E-state index in [2.05, 4.69) is 60.3 Å². The Kier molecular flexibility index (Phi) is 5.76. The van der Waals surface area contributed by atoms with Crippen molar-refractivity contribution in [2.75, 3.05) is 11.9 Å². The van der Waals surface area contributed by atoms with Crippen LogP contribution >= 0.6 is 0 Å². The van der Waals surface area contributed by atoms with E-state index < -0.39 is 0 Å². The fraction of sp³-hybridized carbons (Fsp3) is 0.269. The Morgan fingerprint density at radius 1 is 1.08 bits per heavy atom.